The van der Waals surface area contributed by atoms with Crippen LogP contribution in [0.3, 0.4) is 0 Å². The van der Waals surface area contributed by atoms with Gasteiger partial charge in [-0.1, -0.05) is 27.7 Å². The van der Waals surface area contributed by atoms with E-state index in [1.165, 1.54) is 13.1 Å². The van der Waals surface area contributed by atoms with Gasteiger partial charge in [0, 0.05) is 52.4 Å². The number of rotatable bonds is 12. The molecule has 0 unspecified atom stereocenters. The molecule has 0 aromatic heterocycles. The van der Waals surface area contributed by atoms with Crippen molar-refractivity contribution in [2.45, 2.75) is 27.7 Å². The summed E-state index contributed by atoms with van der Waals surface area (Å²) in [6, 6.07) is 0. The van der Waals surface area contributed by atoms with Crippen LogP contribution in [0.4, 0.5) is 0 Å². The molecule has 0 aliphatic carbocycles. The minimum absolute atomic E-state index is 0.719. The van der Waals surface area contributed by atoms with Crippen LogP contribution in [0.1, 0.15) is 27.7 Å². The first kappa shape index (κ1) is 17.8. The maximum absolute atomic E-state index is 5.41. The van der Waals surface area contributed by atoms with Crippen LogP contribution in [0.15, 0.2) is 0 Å². The third-order valence-electron chi connectivity index (χ3n) is 2.65. The van der Waals surface area contributed by atoms with E-state index in [4.69, 9.17) is 5.73 Å². The normalized spacial score (nSPS) is 12.0. The van der Waals surface area contributed by atoms with Gasteiger partial charge in [-0.3, -0.25) is 0 Å². The van der Waals surface area contributed by atoms with Crippen LogP contribution in [0.25, 0.3) is 0 Å². The second kappa shape index (κ2) is 11.9. The average Bonchev–Trinajstić information content (AvgIpc) is 2.26. The maximum atomic E-state index is 5.41. The minimum atomic E-state index is 0.719. The van der Waals surface area contributed by atoms with Crippen LogP contribution in [0.2, 0.25) is 0 Å². The zero-order valence-electron chi connectivity index (χ0n) is 12.8. The molecule has 0 saturated heterocycles. The van der Waals surface area contributed by atoms with Crippen molar-refractivity contribution >= 4 is 0 Å². The molecule has 18 heavy (non-hydrogen) atoms. The molecule has 0 radical (unpaired) electrons. The fraction of sp³-hybridized carbons (Fsp3) is 1.00. The molecule has 0 rings (SSSR count). The number of nitrogens with zero attached hydrogens (tertiary/aromatic N) is 1. The SMILES string of the molecule is CC(C)CN(CCNCCNCCN)CC(C)C. The van der Waals surface area contributed by atoms with E-state index in [-0.39, 0.29) is 0 Å². The number of nitrogens with two attached hydrogens (primary N) is 1. The Morgan fingerprint density at radius 2 is 1.33 bits per heavy atom. The van der Waals surface area contributed by atoms with E-state index in [1.54, 1.807) is 0 Å². The lowest BCUT2D eigenvalue weighted by Crippen LogP contribution is -2.38. The molecule has 0 spiro atoms. The monoisotopic (exact) mass is 258 g/mol. The maximum Gasteiger partial charge on any atom is 0.0107 e. The summed E-state index contributed by atoms with van der Waals surface area (Å²) in [5, 5.41) is 6.76. The standard InChI is InChI=1S/C14H34N4/c1-13(2)11-18(12-14(3)4)10-9-17-8-7-16-6-5-15/h13-14,16-17H,5-12,15H2,1-4H3. The first-order valence-electron chi connectivity index (χ1n) is 7.40. The highest BCUT2D eigenvalue weighted by Crippen LogP contribution is 2.02. The van der Waals surface area contributed by atoms with E-state index in [1.807, 2.05) is 0 Å². The van der Waals surface area contributed by atoms with Gasteiger partial charge in [-0.2, -0.15) is 0 Å². The highest BCUT2D eigenvalue weighted by molar-refractivity contribution is 4.64. The molecule has 4 nitrogen and oxygen atoms in total. The Balaban J connectivity index is 3.56. The van der Waals surface area contributed by atoms with Gasteiger partial charge in [0.05, 0.1) is 0 Å². The lowest BCUT2D eigenvalue weighted by atomic mass is 10.1. The predicted molar refractivity (Wildman–Crippen MR) is 80.9 cm³/mol. The predicted octanol–water partition coefficient (Wildman–Crippen LogP) is 0.738. The third-order valence-corrected chi connectivity index (χ3v) is 2.65. The summed E-state index contributed by atoms with van der Waals surface area (Å²) in [6.07, 6.45) is 0. The van der Waals surface area contributed by atoms with Crippen molar-refractivity contribution in [2.24, 2.45) is 17.6 Å². The van der Waals surface area contributed by atoms with Crippen molar-refractivity contribution < 1.29 is 0 Å². The van der Waals surface area contributed by atoms with Crippen LogP contribution >= 0.6 is 0 Å². The molecular weight excluding hydrogens is 224 g/mol. The molecule has 0 saturated carbocycles. The van der Waals surface area contributed by atoms with Gasteiger partial charge in [0.2, 0.25) is 0 Å². The number of hydrogen-bond donors (Lipinski definition) is 3. The molecule has 0 aromatic rings. The Kier molecular flexibility index (Phi) is 11.8. The van der Waals surface area contributed by atoms with Crippen LogP contribution in [-0.4, -0.2) is 57.3 Å². The van der Waals surface area contributed by atoms with E-state index in [0.717, 1.165) is 51.1 Å². The molecule has 0 aliphatic heterocycles. The van der Waals surface area contributed by atoms with Crippen molar-refractivity contribution in [1.82, 2.24) is 15.5 Å². The van der Waals surface area contributed by atoms with Gasteiger partial charge in [-0.15, -0.1) is 0 Å². The van der Waals surface area contributed by atoms with Gasteiger partial charge in [-0.25, -0.2) is 0 Å². The summed E-state index contributed by atoms with van der Waals surface area (Å²) in [7, 11) is 0. The fourth-order valence-electron chi connectivity index (χ4n) is 2.06. The summed E-state index contributed by atoms with van der Waals surface area (Å²) in [5.41, 5.74) is 5.41. The van der Waals surface area contributed by atoms with Crippen molar-refractivity contribution in [3.05, 3.63) is 0 Å². The van der Waals surface area contributed by atoms with Crippen LogP contribution in [0, 0.1) is 11.8 Å². The van der Waals surface area contributed by atoms with Gasteiger partial charge in [0.25, 0.3) is 0 Å². The first-order chi connectivity index (χ1) is 8.56. The number of hydrogen-bond acceptors (Lipinski definition) is 4. The van der Waals surface area contributed by atoms with Gasteiger partial charge < -0.3 is 21.3 Å². The van der Waals surface area contributed by atoms with Crippen molar-refractivity contribution in [2.75, 3.05) is 52.4 Å². The largest absolute Gasteiger partial charge is 0.329 e. The van der Waals surface area contributed by atoms with Crippen LogP contribution < -0.4 is 16.4 Å². The quantitative estimate of drug-likeness (QED) is 0.452. The zero-order valence-corrected chi connectivity index (χ0v) is 12.8. The Morgan fingerprint density at radius 1 is 0.833 bits per heavy atom. The third kappa shape index (κ3) is 12.3. The highest BCUT2D eigenvalue weighted by atomic mass is 15.1. The summed E-state index contributed by atoms with van der Waals surface area (Å²) in [6.45, 7) is 17.4. The summed E-state index contributed by atoms with van der Waals surface area (Å²) in [5.74, 6) is 1.49. The Labute approximate surface area is 114 Å². The molecule has 0 fully saturated rings. The molecular formula is C14H34N4. The molecule has 4 N–H and O–H groups in total. The average molecular weight is 258 g/mol. The zero-order chi connectivity index (χ0) is 13.8. The van der Waals surface area contributed by atoms with E-state index >= 15 is 0 Å². The van der Waals surface area contributed by atoms with Gasteiger partial charge in [0.1, 0.15) is 0 Å². The molecule has 110 valence electrons. The van der Waals surface area contributed by atoms with Crippen molar-refractivity contribution in [3.63, 3.8) is 0 Å². The molecule has 0 bridgehead atoms. The van der Waals surface area contributed by atoms with Crippen molar-refractivity contribution in [3.8, 4) is 0 Å². The Hall–Kier alpha value is -0.160. The van der Waals surface area contributed by atoms with Crippen LogP contribution in [0.5, 0.6) is 0 Å². The molecule has 4 heteroatoms. The molecule has 0 atom stereocenters. The van der Waals surface area contributed by atoms with E-state index in [2.05, 4.69) is 43.2 Å². The molecule has 0 aromatic carbocycles. The molecule has 0 aliphatic rings. The first-order valence-corrected chi connectivity index (χ1v) is 7.40. The molecule has 0 amide bonds. The second-order valence-corrected chi connectivity index (χ2v) is 5.84. The lowest BCUT2D eigenvalue weighted by molar-refractivity contribution is 0.220. The Bertz CT molecular complexity index is 161. The van der Waals surface area contributed by atoms with E-state index in [9.17, 15) is 0 Å². The number of nitrogens with one attached hydrogen (secondary N) is 2. The van der Waals surface area contributed by atoms with E-state index in [0.29, 0.717) is 0 Å². The lowest BCUT2D eigenvalue weighted by Gasteiger charge is -2.26. The smallest absolute Gasteiger partial charge is 0.0107 e. The molecule has 0 heterocycles. The van der Waals surface area contributed by atoms with Gasteiger partial charge in [-0.05, 0) is 11.8 Å². The minimum Gasteiger partial charge on any atom is -0.329 e. The fourth-order valence-corrected chi connectivity index (χ4v) is 2.06. The summed E-state index contributed by atoms with van der Waals surface area (Å²) >= 11 is 0. The summed E-state index contributed by atoms with van der Waals surface area (Å²) < 4.78 is 0. The van der Waals surface area contributed by atoms with Crippen molar-refractivity contribution in [1.29, 1.82) is 0 Å². The topological polar surface area (TPSA) is 53.3 Å². The van der Waals surface area contributed by atoms with Crippen LogP contribution in [-0.2, 0) is 0 Å². The Morgan fingerprint density at radius 3 is 1.78 bits per heavy atom. The van der Waals surface area contributed by atoms with Gasteiger partial charge in [0.15, 0.2) is 0 Å². The summed E-state index contributed by atoms with van der Waals surface area (Å²) in [4.78, 5) is 2.57. The van der Waals surface area contributed by atoms with Gasteiger partial charge >= 0.3 is 0 Å². The highest BCUT2D eigenvalue weighted by Gasteiger charge is 2.08. The second-order valence-electron chi connectivity index (χ2n) is 5.84. The van der Waals surface area contributed by atoms with E-state index < -0.39 is 0 Å².